The van der Waals surface area contributed by atoms with E-state index < -0.39 is 0 Å². The highest BCUT2D eigenvalue weighted by Gasteiger charge is 2.38. The zero-order valence-corrected chi connectivity index (χ0v) is 9.95. The number of amides is 1. The number of carbonyl (C=O) groups is 1. The predicted molar refractivity (Wildman–Crippen MR) is 61.8 cm³/mol. The summed E-state index contributed by atoms with van der Waals surface area (Å²) in [5.74, 6) is 0.922. The third kappa shape index (κ3) is 2.38. The summed E-state index contributed by atoms with van der Waals surface area (Å²) in [6.45, 7) is 0.933. The van der Waals surface area contributed by atoms with Gasteiger partial charge in [-0.2, -0.15) is 0 Å². The molecule has 1 aliphatic carbocycles. The fourth-order valence-corrected chi connectivity index (χ4v) is 3.30. The van der Waals surface area contributed by atoms with E-state index in [0.717, 1.165) is 25.8 Å². The zero-order chi connectivity index (χ0) is 11.5. The van der Waals surface area contributed by atoms with Gasteiger partial charge in [-0.3, -0.25) is 4.79 Å². The van der Waals surface area contributed by atoms with Crippen LogP contribution in [0, 0.1) is 11.8 Å². The summed E-state index contributed by atoms with van der Waals surface area (Å²) >= 11 is 0. The van der Waals surface area contributed by atoms with Crippen LogP contribution in [0.15, 0.2) is 0 Å². The van der Waals surface area contributed by atoms with Crippen LogP contribution < -0.4 is 11.1 Å². The Hall–Kier alpha value is -0.610. The number of nitrogens with one attached hydrogen (secondary N) is 1. The van der Waals surface area contributed by atoms with Gasteiger partial charge in [0.25, 0.3) is 0 Å². The van der Waals surface area contributed by atoms with Gasteiger partial charge in [0.15, 0.2) is 0 Å². The number of primary amides is 1. The molecule has 0 radical (unpaired) electrons. The van der Waals surface area contributed by atoms with E-state index in [4.69, 9.17) is 10.5 Å². The monoisotopic (exact) mass is 226 g/mol. The van der Waals surface area contributed by atoms with Crippen molar-refractivity contribution < 1.29 is 9.53 Å². The Morgan fingerprint density at radius 1 is 1.25 bits per heavy atom. The van der Waals surface area contributed by atoms with Gasteiger partial charge in [-0.25, -0.2) is 0 Å². The molecule has 16 heavy (non-hydrogen) atoms. The van der Waals surface area contributed by atoms with E-state index in [1.807, 2.05) is 0 Å². The Bertz CT molecular complexity index is 249. The molecule has 0 bridgehead atoms. The van der Waals surface area contributed by atoms with Gasteiger partial charge in [0.1, 0.15) is 0 Å². The van der Waals surface area contributed by atoms with Gasteiger partial charge in [0.05, 0.1) is 12.1 Å². The van der Waals surface area contributed by atoms with Crippen LogP contribution in [0.25, 0.3) is 0 Å². The molecule has 92 valence electrons. The van der Waals surface area contributed by atoms with Crippen molar-refractivity contribution in [2.75, 3.05) is 13.7 Å². The first-order chi connectivity index (χ1) is 7.72. The first kappa shape index (κ1) is 11.9. The predicted octanol–water partition coefficient (Wildman–Crippen LogP) is 0.655. The van der Waals surface area contributed by atoms with Crippen LogP contribution in [0.5, 0.6) is 0 Å². The number of nitrogens with two attached hydrogens (primary N) is 1. The Labute approximate surface area is 96.9 Å². The van der Waals surface area contributed by atoms with Crippen LogP contribution in [-0.2, 0) is 9.53 Å². The Kier molecular flexibility index (Phi) is 3.82. The van der Waals surface area contributed by atoms with Crippen molar-refractivity contribution in [3.63, 3.8) is 0 Å². The minimum Gasteiger partial charge on any atom is -0.381 e. The van der Waals surface area contributed by atoms with E-state index in [9.17, 15) is 4.79 Å². The highest BCUT2D eigenvalue weighted by Crippen LogP contribution is 2.36. The van der Waals surface area contributed by atoms with Crippen molar-refractivity contribution in [1.29, 1.82) is 0 Å². The maximum absolute atomic E-state index is 11.3. The molecule has 0 aromatic rings. The summed E-state index contributed by atoms with van der Waals surface area (Å²) in [6.07, 6.45) is 6.13. The molecule has 1 heterocycles. The van der Waals surface area contributed by atoms with E-state index in [-0.39, 0.29) is 11.9 Å². The van der Waals surface area contributed by atoms with Gasteiger partial charge >= 0.3 is 0 Å². The van der Waals surface area contributed by atoms with Crippen molar-refractivity contribution >= 4 is 5.91 Å². The van der Waals surface area contributed by atoms with Crippen molar-refractivity contribution in [2.45, 2.75) is 44.2 Å². The van der Waals surface area contributed by atoms with Crippen LogP contribution in [0.2, 0.25) is 0 Å². The van der Waals surface area contributed by atoms with Crippen molar-refractivity contribution in [2.24, 2.45) is 17.6 Å². The number of ether oxygens (including phenoxy) is 1. The smallest absolute Gasteiger partial charge is 0.234 e. The number of methoxy groups -OCH3 is 1. The molecule has 2 atom stereocenters. The summed E-state index contributed by atoms with van der Waals surface area (Å²) in [7, 11) is 1.79. The molecule has 1 aliphatic heterocycles. The lowest BCUT2D eigenvalue weighted by Crippen LogP contribution is -2.43. The molecule has 4 nitrogen and oxygen atoms in total. The summed E-state index contributed by atoms with van der Waals surface area (Å²) in [5.41, 5.74) is 5.42. The SMILES string of the molecule is COC1CCC([C@@H]2CCN[C@@H]2C(N)=O)CC1. The standard InChI is InChI=1S/C12H22N2O2/c1-16-9-4-2-8(3-5-9)10-6-7-14-11(10)12(13)15/h8-11,14H,2-7H2,1H3,(H2,13,15)/t8?,9?,10-,11-/m0/s1. The third-order valence-electron chi connectivity index (χ3n) is 4.23. The fraction of sp³-hybridized carbons (Fsp3) is 0.917. The number of carbonyl (C=O) groups excluding carboxylic acids is 1. The second kappa shape index (κ2) is 5.15. The highest BCUT2D eigenvalue weighted by molar-refractivity contribution is 5.80. The third-order valence-corrected chi connectivity index (χ3v) is 4.23. The van der Waals surface area contributed by atoms with E-state index in [1.54, 1.807) is 7.11 Å². The molecule has 0 aromatic carbocycles. The maximum Gasteiger partial charge on any atom is 0.234 e. The molecule has 2 rings (SSSR count). The minimum atomic E-state index is -0.184. The van der Waals surface area contributed by atoms with Crippen LogP contribution in [0.4, 0.5) is 0 Å². The molecule has 4 heteroatoms. The molecular weight excluding hydrogens is 204 g/mol. The van der Waals surface area contributed by atoms with E-state index in [0.29, 0.717) is 17.9 Å². The Morgan fingerprint density at radius 3 is 2.50 bits per heavy atom. The number of hydrogen-bond donors (Lipinski definition) is 2. The highest BCUT2D eigenvalue weighted by atomic mass is 16.5. The lowest BCUT2D eigenvalue weighted by molar-refractivity contribution is -0.121. The first-order valence-corrected chi connectivity index (χ1v) is 6.28. The number of hydrogen-bond acceptors (Lipinski definition) is 3. The summed E-state index contributed by atoms with van der Waals surface area (Å²) in [5, 5.41) is 3.22. The normalized spacial score (nSPS) is 39.8. The number of rotatable bonds is 3. The van der Waals surface area contributed by atoms with Gasteiger partial charge in [0, 0.05) is 7.11 Å². The Morgan fingerprint density at radius 2 is 1.94 bits per heavy atom. The maximum atomic E-state index is 11.3. The zero-order valence-electron chi connectivity index (χ0n) is 9.95. The molecule has 2 aliphatic rings. The van der Waals surface area contributed by atoms with Crippen molar-refractivity contribution in [3.05, 3.63) is 0 Å². The van der Waals surface area contributed by atoms with Crippen LogP contribution in [0.3, 0.4) is 0 Å². The molecule has 1 saturated heterocycles. The average molecular weight is 226 g/mol. The molecule has 3 N–H and O–H groups in total. The molecule has 0 aromatic heterocycles. The quantitative estimate of drug-likeness (QED) is 0.743. The minimum absolute atomic E-state index is 0.0934. The summed E-state index contributed by atoms with van der Waals surface area (Å²) < 4.78 is 5.37. The van der Waals surface area contributed by atoms with Crippen molar-refractivity contribution in [1.82, 2.24) is 5.32 Å². The molecule has 0 unspecified atom stereocenters. The largest absolute Gasteiger partial charge is 0.381 e. The van der Waals surface area contributed by atoms with Gasteiger partial charge in [-0.1, -0.05) is 0 Å². The summed E-state index contributed by atoms with van der Waals surface area (Å²) in [4.78, 5) is 11.3. The fourth-order valence-electron chi connectivity index (χ4n) is 3.30. The molecule has 1 saturated carbocycles. The average Bonchev–Trinajstić information content (AvgIpc) is 2.78. The van der Waals surface area contributed by atoms with Gasteiger partial charge in [-0.05, 0) is 50.5 Å². The lowest BCUT2D eigenvalue weighted by Gasteiger charge is -2.33. The van der Waals surface area contributed by atoms with E-state index in [2.05, 4.69) is 5.32 Å². The molecule has 2 fully saturated rings. The van der Waals surface area contributed by atoms with Crippen LogP contribution in [-0.4, -0.2) is 31.7 Å². The topological polar surface area (TPSA) is 64.3 Å². The van der Waals surface area contributed by atoms with E-state index in [1.165, 1.54) is 12.8 Å². The Balaban J connectivity index is 1.90. The van der Waals surface area contributed by atoms with Crippen molar-refractivity contribution in [3.8, 4) is 0 Å². The second-order valence-corrected chi connectivity index (χ2v) is 5.06. The molecule has 1 amide bonds. The second-order valence-electron chi connectivity index (χ2n) is 5.06. The van der Waals surface area contributed by atoms with Gasteiger partial charge in [0.2, 0.25) is 5.91 Å². The van der Waals surface area contributed by atoms with Gasteiger partial charge < -0.3 is 15.8 Å². The van der Waals surface area contributed by atoms with E-state index >= 15 is 0 Å². The molecular formula is C12H22N2O2. The van der Waals surface area contributed by atoms with Gasteiger partial charge in [-0.15, -0.1) is 0 Å². The lowest BCUT2D eigenvalue weighted by atomic mass is 9.76. The molecule has 0 spiro atoms. The summed E-state index contributed by atoms with van der Waals surface area (Å²) in [6, 6.07) is -0.0934. The van der Waals surface area contributed by atoms with Crippen LogP contribution in [0.1, 0.15) is 32.1 Å². The van der Waals surface area contributed by atoms with Crippen LogP contribution >= 0.6 is 0 Å². The first-order valence-electron chi connectivity index (χ1n) is 6.28.